The van der Waals surface area contributed by atoms with Gasteiger partial charge in [0.25, 0.3) is 5.56 Å². The van der Waals surface area contributed by atoms with Crippen LogP contribution in [-0.2, 0) is 13.1 Å². The summed E-state index contributed by atoms with van der Waals surface area (Å²) < 4.78 is 23.8. The first-order valence-electron chi connectivity index (χ1n) is 9.96. The Balaban J connectivity index is 1.40. The van der Waals surface area contributed by atoms with Crippen molar-refractivity contribution < 1.29 is 9.13 Å². The Morgan fingerprint density at radius 2 is 1.91 bits per heavy atom. The molecule has 0 saturated heterocycles. The average molecular weight is 430 g/mol. The summed E-state index contributed by atoms with van der Waals surface area (Å²) in [5, 5.41) is 12.7. The van der Waals surface area contributed by atoms with Gasteiger partial charge in [-0.1, -0.05) is 35.5 Å². The number of ether oxygens (including phenoxy) is 1. The van der Waals surface area contributed by atoms with E-state index < -0.39 is 0 Å². The van der Waals surface area contributed by atoms with Crippen LogP contribution in [0.25, 0.3) is 16.8 Å². The number of methoxy groups -OCH3 is 1. The first-order valence-corrected chi connectivity index (χ1v) is 9.96. The van der Waals surface area contributed by atoms with Gasteiger partial charge in [0.15, 0.2) is 0 Å². The van der Waals surface area contributed by atoms with Gasteiger partial charge in [0.2, 0.25) is 0 Å². The van der Waals surface area contributed by atoms with E-state index in [1.165, 1.54) is 6.07 Å². The van der Waals surface area contributed by atoms with Crippen LogP contribution in [0, 0.1) is 5.82 Å². The highest BCUT2D eigenvalue weighted by molar-refractivity contribution is 5.66. The SMILES string of the molecule is COc1cccc(-c2cc3c(=O)n(Cc4cn(Cc5ccccc5F)nn4)ccn3n2)c1. The van der Waals surface area contributed by atoms with Gasteiger partial charge in [-0.15, -0.1) is 5.10 Å². The molecule has 0 amide bonds. The molecule has 0 saturated carbocycles. The standard InChI is InChI=1S/C23H19FN6O2/c1-32-19-7-4-6-16(11-19)21-12-22-23(31)28(9-10-30(22)26-21)14-18-15-29(27-25-18)13-17-5-2-3-8-20(17)24/h2-12,15H,13-14H2,1H3. The lowest BCUT2D eigenvalue weighted by atomic mass is 10.1. The van der Waals surface area contributed by atoms with E-state index in [9.17, 15) is 9.18 Å². The number of aromatic nitrogens is 6. The minimum atomic E-state index is -0.293. The monoisotopic (exact) mass is 430 g/mol. The minimum Gasteiger partial charge on any atom is -0.497 e. The van der Waals surface area contributed by atoms with Crippen molar-refractivity contribution in [3.05, 3.63) is 101 Å². The number of nitrogens with zero attached hydrogens (tertiary/aromatic N) is 6. The zero-order valence-electron chi connectivity index (χ0n) is 17.2. The van der Waals surface area contributed by atoms with Gasteiger partial charge in [0.1, 0.15) is 22.8 Å². The average Bonchev–Trinajstić information content (AvgIpc) is 3.45. The number of hydrogen-bond acceptors (Lipinski definition) is 5. The van der Waals surface area contributed by atoms with Crippen molar-refractivity contribution in [1.29, 1.82) is 0 Å². The Labute approximate surface area is 182 Å². The minimum absolute atomic E-state index is 0.196. The van der Waals surface area contributed by atoms with E-state index >= 15 is 0 Å². The topological polar surface area (TPSA) is 79.2 Å². The number of benzene rings is 2. The molecule has 8 nitrogen and oxygen atoms in total. The summed E-state index contributed by atoms with van der Waals surface area (Å²) in [6.45, 7) is 0.506. The Bertz CT molecular complexity index is 1470. The summed E-state index contributed by atoms with van der Waals surface area (Å²) in [6.07, 6.45) is 5.10. The van der Waals surface area contributed by atoms with Crippen LogP contribution in [0.1, 0.15) is 11.3 Å². The summed E-state index contributed by atoms with van der Waals surface area (Å²) in [4.78, 5) is 13.0. The fourth-order valence-electron chi connectivity index (χ4n) is 3.54. The molecule has 0 fully saturated rings. The number of halogens is 1. The molecule has 0 atom stereocenters. The second-order valence-corrected chi connectivity index (χ2v) is 7.32. The van der Waals surface area contributed by atoms with Crippen molar-refractivity contribution >= 4 is 5.52 Å². The molecule has 0 aliphatic rings. The van der Waals surface area contributed by atoms with Gasteiger partial charge in [0, 0.05) is 23.5 Å². The molecule has 5 rings (SSSR count). The van der Waals surface area contributed by atoms with E-state index in [1.807, 2.05) is 24.3 Å². The van der Waals surface area contributed by atoms with E-state index in [0.717, 1.165) is 11.3 Å². The summed E-state index contributed by atoms with van der Waals surface area (Å²) in [6, 6.07) is 15.8. The molecule has 0 unspecified atom stereocenters. The molecule has 2 aromatic carbocycles. The first-order chi connectivity index (χ1) is 15.6. The van der Waals surface area contributed by atoms with Crippen LogP contribution >= 0.6 is 0 Å². The predicted molar refractivity (Wildman–Crippen MR) is 116 cm³/mol. The third-order valence-electron chi connectivity index (χ3n) is 5.18. The molecule has 5 aromatic rings. The molecular formula is C23H19FN6O2. The summed E-state index contributed by atoms with van der Waals surface area (Å²) in [5.41, 5.74) is 2.90. The maximum Gasteiger partial charge on any atom is 0.276 e. The third-order valence-corrected chi connectivity index (χ3v) is 5.18. The highest BCUT2D eigenvalue weighted by atomic mass is 19.1. The maximum atomic E-state index is 13.9. The summed E-state index contributed by atoms with van der Waals surface area (Å²) in [5.74, 6) is 0.425. The Hall–Kier alpha value is -4.27. The fourth-order valence-corrected chi connectivity index (χ4v) is 3.54. The lowest BCUT2D eigenvalue weighted by Gasteiger charge is -2.03. The third kappa shape index (κ3) is 3.76. The van der Waals surface area contributed by atoms with Crippen LogP contribution in [0.3, 0.4) is 0 Å². The van der Waals surface area contributed by atoms with Crippen molar-refractivity contribution in [2.75, 3.05) is 7.11 Å². The van der Waals surface area contributed by atoms with Gasteiger partial charge in [-0.2, -0.15) is 5.10 Å². The van der Waals surface area contributed by atoms with Crippen molar-refractivity contribution in [3.63, 3.8) is 0 Å². The van der Waals surface area contributed by atoms with Crippen molar-refractivity contribution in [2.24, 2.45) is 0 Å². The van der Waals surface area contributed by atoms with Gasteiger partial charge in [0.05, 0.1) is 32.1 Å². The highest BCUT2D eigenvalue weighted by Crippen LogP contribution is 2.23. The second kappa shape index (κ2) is 8.10. The van der Waals surface area contributed by atoms with Crippen LogP contribution in [0.4, 0.5) is 4.39 Å². The fraction of sp³-hybridized carbons (Fsp3) is 0.130. The van der Waals surface area contributed by atoms with Crippen molar-refractivity contribution in [3.8, 4) is 17.0 Å². The lowest BCUT2D eigenvalue weighted by molar-refractivity contribution is 0.415. The Morgan fingerprint density at radius 1 is 1.03 bits per heavy atom. The molecular weight excluding hydrogens is 411 g/mol. The van der Waals surface area contributed by atoms with Crippen molar-refractivity contribution in [2.45, 2.75) is 13.1 Å². The van der Waals surface area contributed by atoms with Gasteiger partial charge in [-0.3, -0.25) is 4.79 Å². The quantitative estimate of drug-likeness (QED) is 0.414. The normalized spacial score (nSPS) is 11.2. The van der Waals surface area contributed by atoms with Crippen LogP contribution in [0.15, 0.2) is 78.0 Å². The Morgan fingerprint density at radius 3 is 2.75 bits per heavy atom. The van der Waals surface area contributed by atoms with Crippen molar-refractivity contribution in [1.82, 2.24) is 29.2 Å². The molecule has 32 heavy (non-hydrogen) atoms. The van der Waals surface area contributed by atoms with E-state index in [1.54, 1.807) is 63.7 Å². The molecule has 0 radical (unpaired) electrons. The number of fused-ring (bicyclic) bond motifs is 1. The predicted octanol–water partition coefficient (Wildman–Crippen LogP) is 3.00. The van der Waals surface area contributed by atoms with Crippen LogP contribution < -0.4 is 10.3 Å². The van der Waals surface area contributed by atoms with Crippen LogP contribution in [-0.4, -0.2) is 36.3 Å². The lowest BCUT2D eigenvalue weighted by Crippen LogP contribution is -2.21. The molecule has 9 heteroatoms. The van der Waals surface area contributed by atoms with Crippen LogP contribution in [0.2, 0.25) is 0 Å². The molecule has 3 aromatic heterocycles. The smallest absolute Gasteiger partial charge is 0.276 e. The van der Waals surface area contributed by atoms with E-state index in [0.29, 0.717) is 22.5 Å². The van der Waals surface area contributed by atoms with Gasteiger partial charge < -0.3 is 9.30 Å². The molecule has 0 bridgehead atoms. The number of hydrogen-bond donors (Lipinski definition) is 0. The molecule has 0 N–H and O–H groups in total. The zero-order chi connectivity index (χ0) is 22.1. The van der Waals surface area contributed by atoms with E-state index in [2.05, 4.69) is 15.4 Å². The zero-order valence-corrected chi connectivity index (χ0v) is 17.2. The molecule has 0 aliphatic heterocycles. The summed E-state index contributed by atoms with van der Waals surface area (Å²) >= 11 is 0. The van der Waals surface area contributed by atoms with Gasteiger partial charge in [-0.05, 0) is 24.3 Å². The van der Waals surface area contributed by atoms with Gasteiger partial charge in [-0.25, -0.2) is 13.6 Å². The highest BCUT2D eigenvalue weighted by Gasteiger charge is 2.12. The largest absolute Gasteiger partial charge is 0.497 e. The maximum absolute atomic E-state index is 13.9. The molecule has 0 aliphatic carbocycles. The summed E-state index contributed by atoms with van der Waals surface area (Å²) in [7, 11) is 1.61. The van der Waals surface area contributed by atoms with Crippen LogP contribution in [0.5, 0.6) is 5.75 Å². The molecule has 0 spiro atoms. The van der Waals surface area contributed by atoms with E-state index in [-0.39, 0.29) is 24.5 Å². The van der Waals surface area contributed by atoms with E-state index in [4.69, 9.17) is 4.74 Å². The number of rotatable bonds is 6. The molecule has 160 valence electrons. The van der Waals surface area contributed by atoms with Gasteiger partial charge >= 0.3 is 0 Å². The first kappa shape index (κ1) is 19.7. The molecule has 3 heterocycles. The second-order valence-electron chi connectivity index (χ2n) is 7.32. The Kier molecular flexibility index (Phi) is 4.98.